The Labute approximate surface area is 107 Å². The van der Waals surface area contributed by atoms with E-state index >= 15 is 0 Å². The van der Waals surface area contributed by atoms with Gasteiger partial charge in [-0.1, -0.05) is 30.2 Å². The summed E-state index contributed by atoms with van der Waals surface area (Å²) in [5.74, 6) is -1.54. The van der Waals surface area contributed by atoms with Crippen molar-refractivity contribution < 1.29 is 8.78 Å². The van der Waals surface area contributed by atoms with Crippen molar-refractivity contribution >= 4 is 6.08 Å². The number of halogens is 2. The van der Waals surface area contributed by atoms with Crippen LogP contribution in [-0.2, 0) is 0 Å². The highest BCUT2D eigenvalue weighted by Gasteiger charge is 2.13. The molecule has 0 bridgehead atoms. The summed E-state index contributed by atoms with van der Waals surface area (Å²) in [6.45, 7) is 3.03. The van der Waals surface area contributed by atoms with E-state index in [-0.39, 0.29) is 0 Å². The Morgan fingerprint density at radius 3 is 2.94 bits per heavy atom. The zero-order chi connectivity index (χ0) is 13.0. The van der Waals surface area contributed by atoms with E-state index < -0.39 is 11.6 Å². The van der Waals surface area contributed by atoms with E-state index in [1.54, 1.807) is 12.1 Å². The SMILES string of the molecule is C/C(=C/c1cccc(F)c1F)CC1CCCCN1. The predicted molar refractivity (Wildman–Crippen MR) is 70.3 cm³/mol. The Bertz CT molecular complexity index is 434. The Kier molecular flexibility index (Phi) is 4.48. The topological polar surface area (TPSA) is 12.0 Å². The van der Waals surface area contributed by atoms with Crippen LogP contribution >= 0.6 is 0 Å². The second kappa shape index (κ2) is 6.10. The van der Waals surface area contributed by atoms with Gasteiger partial charge >= 0.3 is 0 Å². The fourth-order valence-electron chi connectivity index (χ4n) is 2.44. The fraction of sp³-hybridized carbons (Fsp3) is 0.467. The first kappa shape index (κ1) is 13.2. The first-order valence-electron chi connectivity index (χ1n) is 6.51. The van der Waals surface area contributed by atoms with Crippen LogP contribution in [0.15, 0.2) is 23.8 Å². The number of hydrogen-bond donors (Lipinski definition) is 1. The maximum atomic E-state index is 13.5. The lowest BCUT2D eigenvalue weighted by atomic mass is 9.97. The van der Waals surface area contributed by atoms with Gasteiger partial charge < -0.3 is 5.32 Å². The average Bonchev–Trinajstić information content (AvgIpc) is 2.36. The van der Waals surface area contributed by atoms with E-state index in [4.69, 9.17) is 0 Å². The smallest absolute Gasteiger partial charge is 0.166 e. The zero-order valence-corrected chi connectivity index (χ0v) is 10.7. The lowest BCUT2D eigenvalue weighted by molar-refractivity contribution is 0.399. The molecule has 1 aliphatic rings. The Morgan fingerprint density at radius 2 is 2.22 bits per heavy atom. The van der Waals surface area contributed by atoms with Crippen LogP contribution in [0.3, 0.4) is 0 Å². The minimum Gasteiger partial charge on any atom is -0.314 e. The number of hydrogen-bond acceptors (Lipinski definition) is 1. The van der Waals surface area contributed by atoms with Crippen molar-refractivity contribution in [1.29, 1.82) is 0 Å². The van der Waals surface area contributed by atoms with Crippen LogP contribution in [0, 0.1) is 11.6 Å². The van der Waals surface area contributed by atoms with Gasteiger partial charge in [-0.2, -0.15) is 0 Å². The quantitative estimate of drug-likeness (QED) is 0.859. The zero-order valence-electron chi connectivity index (χ0n) is 10.7. The molecule has 1 N–H and O–H groups in total. The molecule has 1 fully saturated rings. The molecule has 0 amide bonds. The van der Waals surface area contributed by atoms with Gasteiger partial charge in [0.25, 0.3) is 0 Å². The molecular weight excluding hydrogens is 232 g/mol. The molecular formula is C15H19F2N. The molecule has 1 atom stereocenters. The summed E-state index contributed by atoms with van der Waals surface area (Å²) in [4.78, 5) is 0. The monoisotopic (exact) mass is 251 g/mol. The van der Waals surface area contributed by atoms with Crippen LogP contribution in [0.25, 0.3) is 6.08 Å². The highest BCUT2D eigenvalue weighted by Crippen LogP contribution is 2.19. The second-order valence-electron chi connectivity index (χ2n) is 4.98. The molecule has 1 nitrogen and oxygen atoms in total. The molecule has 1 heterocycles. The summed E-state index contributed by atoms with van der Waals surface area (Å²) in [5.41, 5.74) is 1.42. The number of piperidine rings is 1. The minimum atomic E-state index is -0.785. The van der Waals surface area contributed by atoms with Crippen molar-refractivity contribution in [3.05, 3.63) is 41.0 Å². The fourth-order valence-corrected chi connectivity index (χ4v) is 2.44. The van der Waals surface area contributed by atoms with E-state index in [0.717, 1.165) is 31.0 Å². The lowest BCUT2D eigenvalue weighted by Crippen LogP contribution is -2.33. The molecule has 0 spiro atoms. The second-order valence-corrected chi connectivity index (χ2v) is 4.98. The normalized spacial score (nSPS) is 21.1. The van der Waals surface area contributed by atoms with Crippen LogP contribution in [0.4, 0.5) is 8.78 Å². The molecule has 1 aromatic rings. The van der Waals surface area contributed by atoms with Crippen LogP contribution in [0.1, 0.15) is 38.2 Å². The van der Waals surface area contributed by atoms with Crippen LogP contribution in [0.2, 0.25) is 0 Å². The maximum absolute atomic E-state index is 13.5. The molecule has 18 heavy (non-hydrogen) atoms. The lowest BCUT2D eigenvalue weighted by Gasteiger charge is -2.23. The third-order valence-corrected chi connectivity index (χ3v) is 3.36. The summed E-state index contributed by atoms with van der Waals surface area (Å²) >= 11 is 0. The molecule has 0 aromatic heterocycles. The molecule has 0 aliphatic carbocycles. The molecule has 0 radical (unpaired) electrons. The highest BCUT2D eigenvalue weighted by atomic mass is 19.2. The van der Waals surface area contributed by atoms with Gasteiger partial charge in [-0.15, -0.1) is 0 Å². The summed E-state index contributed by atoms with van der Waals surface area (Å²) in [7, 11) is 0. The molecule has 1 aromatic carbocycles. The largest absolute Gasteiger partial charge is 0.314 e. The van der Waals surface area contributed by atoms with Gasteiger partial charge in [-0.25, -0.2) is 8.78 Å². The van der Waals surface area contributed by atoms with Gasteiger partial charge in [0.15, 0.2) is 11.6 Å². The van der Waals surface area contributed by atoms with Gasteiger partial charge in [0.2, 0.25) is 0 Å². The standard InChI is InChI=1S/C15H19F2N/c1-11(10-13-6-2-3-8-18-13)9-12-5-4-7-14(16)15(12)17/h4-5,7,9,13,18H,2-3,6,8,10H2,1H3/b11-9-. The van der Waals surface area contributed by atoms with Crippen molar-refractivity contribution in [2.24, 2.45) is 0 Å². The summed E-state index contributed by atoms with van der Waals surface area (Å²) in [5, 5.41) is 3.45. The predicted octanol–water partition coefficient (Wildman–Crippen LogP) is 3.90. The third kappa shape index (κ3) is 3.39. The summed E-state index contributed by atoms with van der Waals surface area (Å²) in [6, 6.07) is 4.77. The van der Waals surface area contributed by atoms with Crippen molar-refractivity contribution in [3.63, 3.8) is 0 Å². The third-order valence-electron chi connectivity index (χ3n) is 3.36. The van der Waals surface area contributed by atoms with Crippen molar-refractivity contribution in [1.82, 2.24) is 5.32 Å². The Hall–Kier alpha value is -1.22. The van der Waals surface area contributed by atoms with Gasteiger partial charge in [-0.05, 0) is 38.8 Å². The van der Waals surface area contributed by atoms with Crippen molar-refractivity contribution in [3.8, 4) is 0 Å². The average molecular weight is 251 g/mol. The van der Waals surface area contributed by atoms with Crippen LogP contribution in [-0.4, -0.2) is 12.6 Å². The van der Waals surface area contributed by atoms with E-state index in [0.29, 0.717) is 11.6 Å². The number of rotatable bonds is 3. The molecule has 1 aliphatic heterocycles. The highest BCUT2D eigenvalue weighted by molar-refractivity contribution is 5.53. The van der Waals surface area contributed by atoms with Gasteiger partial charge in [0.1, 0.15) is 0 Å². The molecule has 1 saturated heterocycles. The summed E-state index contributed by atoms with van der Waals surface area (Å²) in [6.07, 6.45) is 6.29. The van der Waals surface area contributed by atoms with Gasteiger partial charge in [-0.3, -0.25) is 0 Å². The van der Waals surface area contributed by atoms with Gasteiger partial charge in [0, 0.05) is 11.6 Å². The number of nitrogens with one attached hydrogen (secondary N) is 1. The van der Waals surface area contributed by atoms with E-state index in [9.17, 15) is 8.78 Å². The van der Waals surface area contributed by atoms with E-state index in [1.165, 1.54) is 18.9 Å². The van der Waals surface area contributed by atoms with E-state index in [1.807, 2.05) is 6.92 Å². The van der Waals surface area contributed by atoms with Crippen LogP contribution < -0.4 is 5.32 Å². The first-order valence-corrected chi connectivity index (χ1v) is 6.51. The summed E-state index contributed by atoms with van der Waals surface area (Å²) < 4.78 is 26.6. The van der Waals surface area contributed by atoms with Gasteiger partial charge in [0.05, 0.1) is 0 Å². The molecule has 2 rings (SSSR count). The molecule has 0 saturated carbocycles. The molecule has 3 heteroatoms. The van der Waals surface area contributed by atoms with Crippen molar-refractivity contribution in [2.75, 3.05) is 6.54 Å². The molecule has 98 valence electrons. The first-order chi connectivity index (χ1) is 8.66. The Balaban J connectivity index is 2.05. The van der Waals surface area contributed by atoms with Crippen molar-refractivity contribution in [2.45, 2.75) is 38.6 Å². The Morgan fingerprint density at radius 1 is 1.39 bits per heavy atom. The maximum Gasteiger partial charge on any atom is 0.166 e. The number of benzene rings is 1. The van der Waals surface area contributed by atoms with E-state index in [2.05, 4.69) is 5.32 Å². The van der Waals surface area contributed by atoms with Crippen LogP contribution in [0.5, 0.6) is 0 Å². The molecule has 1 unspecified atom stereocenters. The minimum absolute atomic E-state index is 0.336.